The molecule has 0 bridgehead atoms. The molecule has 2 heterocycles. The second-order valence-electron chi connectivity index (χ2n) is 4.48. The third-order valence-corrected chi connectivity index (χ3v) is 3.30. The molecule has 0 saturated carbocycles. The summed E-state index contributed by atoms with van der Waals surface area (Å²) >= 11 is 0. The summed E-state index contributed by atoms with van der Waals surface area (Å²) in [6, 6.07) is 4.92. The fraction of sp³-hybridized carbons (Fsp3) is 0.143. The van der Waals surface area contributed by atoms with E-state index in [1.807, 2.05) is 12.1 Å². The average Bonchev–Trinajstić information content (AvgIpc) is 2.45. The summed E-state index contributed by atoms with van der Waals surface area (Å²) in [4.78, 5) is 15.4. The van der Waals surface area contributed by atoms with Gasteiger partial charge in [-0.3, -0.25) is 4.98 Å². The third-order valence-electron chi connectivity index (χ3n) is 3.30. The summed E-state index contributed by atoms with van der Waals surface area (Å²) in [7, 11) is 1.55. The number of pyridine rings is 1. The highest BCUT2D eigenvalue weighted by Crippen LogP contribution is 2.39. The molecule has 4 N–H and O–H groups in total. The molecule has 0 spiro atoms. The summed E-state index contributed by atoms with van der Waals surface area (Å²) in [5.74, 6) is -0.470. The Hall–Kier alpha value is -2.60. The number of nitrogens with two attached hydrogens (primary N) is 1. The van der Waals surface area contributed by atoms with Gasteiger partial charge in [0.1, 0.15) is 17.0 Å². The van der Waals surface area contributed by atoms with Crippen molar-refractivity contribution in [2.75, 3.05) is 12.4 Å². The lowest BCUT2D eigenvalue weighted by atomic mass is 9.95. The zero-order valence-corrected chi connectivity index (χ0v) is 10.8. The van der Waals surface area contributed by atoms with Gasteiger partial charge in [0.2, 0.25) is 0 Å². The van der Waals surface area contributed by atoms with Crippen molar-refractivity contribution in [3.05, 3.63) is 41.7 Å². The number of anilines is 1. The molecular weight excluding hydrogens is 258 g/mol. The average molecular weight is 271 g/mol. The lowest BCUT2D eigenvalue weighted by molar-refractivity contribution is -0.132. The van der Waals surface area contributed by atoms with Crippen LogP contribution in [-0.2, 0) is 4.79 Å². The molecule has 6 nitrogen and oxygen atoms in total. The van der Waals surface area contributed by atoms with E-state index in [-0.39, 0.29) is 5.70 Å². The maximum absolute atomic E-state index is 11.1. The number of nitrogens with one attached hydrogen (secondary N) is 1. The molecule has 0 aliphatic carbocycles. The first-order chi connectivity index (χ1) is 9.61. The topological polar surface area (TPSA) is 97.5 Å². The Kier molecular flexibility index (Phi) is 2.80. The lowest BCUT2D eigenvalue weighted by Gasteiger charge is -2.24. The van der Waals surface area contributed by atoms with Crippen LogP contribution < -0.4 is 15.8 Å². The summed E-state index contributed by atoms with van der Waals surface area (Å²) in [5, 5.41) is 12.8. The molecule has 6 heteroatoms. The predicted octanol–water partition coefficient (Wildman–Crippen LogP) is 1.64. The van der Waals surface area contributed by atoms with E-state index in [9.17, 15) is 4.79 Å². The largest absolute Gasteiger partial charge is 0.494 e. The summed E-state index contributed by atoms with van der Waals surface area (Å²) in [6.45, 7) is 0. The number of nitrogens with zero attached hydrogens (tertiary/aromatic N) is 1. The van der Waals surface area contributed by atoms with Crippen molar-refractivity contribution in [2.24, 2.45) is 5.73 Å². The van der Waals surface area contributed by atoms with Gasteiger partial charge in [-0.15, -0.1) is 0 Å². The Morgan fingerprint density at radius 2 is 2.35 bits per heavy atom. The number of fused-ring (bicyclic) bond motifs is 3. The molecule has 1 atom stereocenters. The summed E-state index contributed by atoms with van der Waals surface area (Å²) < 4.78 is 5.31. The molecule has 102 valence electrons. The molecule has 0 amide bonds. The highest BCUT2D eigenvalue weighted by atomic mass is 16.5. The first-order valence-corrected chi connectivity index (χ1v) is 6.05. The van der Waals surface area contributed by atoms with Crippen LogP contribution in [0.15, 0.2) is 36.2 Å². The maximum Gasteiger partial charge on any atom is 0.352 e. The Balaban J connectivity index is 2.29. The van der Waals surface area contributed by atoms with E-state index in [1.165, 1.54) is 6.08 Å². The molecule has 1 aliphatic rings. The number of carbonyl (C=O) groups is 1. The van der Waals surface area contributed by atoms with Gasteiger partial charge in [0, 0.05) is 28.9 Å². The summed E-state index contributed by atoms with van der Waals surface area (Å²) in [6.07, 6.45) is 3.17. The monoisotopic (exact) mass is 271 g/mol. The van der Waals surface area contributed by atoms with Crippen LogP contribution in [0.2, 0.25) is 0 Å². The molecule has 1 unspecified atom stereocenters. The second kappa shape index (κ2) is 4.50. The molecule has 1 aliphatic heterocycles. The van der Waals surface area contributed by atoms with Crippen molar-refractivity contribution in [2.45, 2.75) is 6.04 Å². The zero-order valence-electron chi connectivity index (χ0n) is 10.8. The van der Waals surface area contributed by atoms with Gasteiger partial charge in [-0.1, -0.05) is 6.07 Å². The molecule has 0 radical (unpaired) electrons. The van der Waals surface area contributed by atoms with Crippen molar-refractivity contribution in [3.8, 4) is 5.75 Å². The van der Waals surface area contributed by atoms with Crippen molar-refractivity contribution < 1.29 is 14.6 Å². The van der Waals surface area contributed by atoms with Gasteiger partial charge in [-0.25, -0.2) is 4.79 Å². The van der Waals surface area contributed by atoms with Crippen molar-refractivity contribution in [3.63, 3.8) is 0 Å². The number of carboxylic acid groups (broad SMARTS) is 1. The number of aromatic nitrogens is 1. The van der Waals surface area contributed by atoms with Crippen LogP contribution in [0, 0.1) is 0 Å². The number of hydrogen-bond acceptors (Lipinski definition) is 5. The Morgan fingerprint density at radius 1 is 1.55 bits per heavy atom. The van der Waals surface area contributed by atoms with Crippen LogP contribution in [0.4, 0.5) is 5.69 Å². The van der Waals surface area contributed by atoms with Gasteiger partial charge in [-0.05, 0) is 12.1 Å². The van der Waals surface area contributed by atoms with Crippen molar-refractivity contribution >= 4 is 22.6 Å². The molecule has 0 fully saturated rings. The van der Waals surface area contributed by atoms with E-state index in [4.69, 9.17) is 15.6 Å². The van der Waals surface area contributed by atoms with E-state index >= 15 is 0 Å². The maximum atomic E-state index is 11.1. The van der Waals surface area contributed by atoms with Crippen LogP contribution in [0.1, 0.15) is 11.6 Å². The van der Waals surface area contributed by atoms with Crippen LogP contribution >= 0.6 is 0 Å². The molecule has 2 aromatic rings. The van der Waals surface area contributed by atoms with Crippen molar-refractivity contribution in [1.82, 2.24) is 4.98 Å². The van der Waals surface area contributed by atoms with E-state index in [2.05, 4.69) is 10.3 Å². The fourth-order valence-electron chi connectivity index (χ4n) is 2.43. The molecular formula is C14H13N3O3. The van der Waals surface area contributed by atoms with Gasteiger partial charge < -0.3 is 20.9 Å². The number of aliphatic carboxylic acids is 1. The summed E-state index contributed by atoms with van der Waals surface area (Å²) in [5.41, 5.74) is 8.31. The number of rotatable bonds is 2. The molecule has 3 rings (SSSR count). The quantitative estimate of drug-likeness (QED) is 0.768. The van der Waals surface area contributed by atoms with Crippen molar-refractivity contribution in [1.29, 1.82) is 0 Å². The molecule has 1 aromatic carbocycles. The van der Waals surface area contributed by atoms with E-state index in [1.54, 1.807) is 19.4 Å². The number of ether oxygens (including phenoxy) is 1. The van der Waals surface area contributed by atoms with Crippen LogP contribution in [0.25, 0.3) is 10.9 Å². The SMILES string of the molecule is COc1cc2c(c3cccnc13)C(N)C=C(C(=O)O)N2. The van der Waals surface area contributed by atoms with Gasteiger partial charge in [0.05, 0.1) is 13.2 Å². The number of methoxy groups -OCH3 is 1. The number of benzene rings is 1. The first kappa shape index (κ1) is 12.4. The van der Waals surface area contributed by atoms with Gasteiger partial charge >= 0.3 is 5.97 Å². The smallest absolute Gasteiger partial charge is 0.352 e. The standard InChI is InChI=1S/C14H13N3O3/c1-20-11-6-9-12(7-3-2-4-16-13(7)11)8(15)5-10(17-9)14(18)19/h2-6,8,17H,15H2,1H3,(H,18,19). The fourth-order valence-corrected chi connectivity index (χ4v) is 2.43. The minimum atomic E-state index is -1.05. The number of hydrogen-bond donors (Lipinski definition) is 3. The lowest BCUT2D eigenvalue weighted by Crippen LogP contribution is -2.22. The Morgan fingerprint density at radius 3 is 3.05 bits per heavy atom. The number of carboxylic acids is 1. The highest BCUT2D eigenvalue weighted by molar-refractivity contribution is 5.98. The Labute approximate surface area is 114 Å². The second-order valence-corrected chi connectivity index (χ2v) is 4.48. The van der Waals surface area contributed by atoms with Gasteiger partial charge in [-0.2, -0.15) is 0 Å². The van der Waals surface area contributed by atoms with Gasteiger partial charge in [0.15, 0.2) is 0 Å². The minimum absolute atomic E-state index is 0.0651. The normalized spacial score (nSPS) is 17.1. The Bertz CT molecular complexity index is 740. The highest BCUT2D eigenvalue weighted by Gasteiger charge is 2.24. The molecule has 1 aromatic heterocycles. The predicted molar refractivity (Wildman–Crippen MR) is 74.6 cm³/mol. The molecule has 20 heavy (non-hydrogen) atoms. The zero-order chi connectivity index (χ0) is 14.3. The van der Waals surface area contributed by atoms with Crippen LogP contribution in [0.3, 0.4) is 0 Å². The van der Waals surface area contributed by atoms with E-state index in [0.717, 1.165) is 10.9 Å². The first-order valence-electron chi connectivity index (χ1n) is 6.05. The molecule has 0 saturated heterocycles. The minimum Gasteiger partial charge on any atom is -0.494 e. The van der Waals surface area contributed by atoms with E-state index in [0.29, 0.717) is 17.0 Å². The van der Waals surface area contributed by atoms with Crippen LogP contribution in [0.5, 0.6) is 5.75 Å². The third kappa shape index (κ3) is 1.78. The van der Waals surface area contributed by atoms with Crippen LogP contribution in [-0.4, -0.2) is 23.2 Å². The van der Waals surface area contributed by atoms with E-state index < -0.39 is 12.0 Å². The van der Waals surface area contributed by atoms with Gasteiger partial charge in [0.25, 0.3) is 0 Å².